The first kappa shape index (κ1) is 20.1. The zero-order chi connectivity index (χ0) is 43.5. The molecule has 1 saturated carbocycles. The lowest BCUT2D eigenvalue weighted by Gasteiger charge is -2.36. The minimum Gasteiger partial charge on any atom is -0.495 e. The molecule has 1 unspecified atom stereocenters. The van der Waals surface area contributed by atoms with Gasteiger partial charge in [-0.05, 0) is 95.0 Å². The summed E-state index contributed by atoms with van der Waals surface area (Å²) < 4.78 is 159. The van der Waals surface area contributed by atoms with Gasteiger partial charge in [0.25, 0.3) is 21.8 Å². The van der Waals surface area contributed by atoms with Crippen LogP contribution in [0.5, 0.6) is 11.5 Å². The van der Waals surface area contributed by atoms with Gasteiger partial charge in [-0.3, -0.25) is 14.5 Å². The molecule has 2 atom stereocenters. The maximum Gasteiger partial charge on any atom is 0.274 e. The van der Waals surface area contributed by atoms with Gasteiger partial charge in [-0.25, -0.2) is 12.7 Å². The number of hydrogen-bond acceptors (Lipinski definition) is 9. The third kappa shape index (κ3) is 6.84. The lowest BCUT2D eigenvalue weighted by Crippen LogP contribution is -2.46. The van der Waals surface area contributed by atoms with Crippen LogP contribution in [0.25, 0.3) is 0 Å². The molecule has 2 aromatic rings. The van der Waals surface area contributed by atoms with Gasteiger partial charge in [-0.2, -0.15) is 0 Å². The largest absolute Gasteiger partial charge is 0.495 e. The number of nitrogens with zero attached hydrogens (tertiary/aromatic N) is 2. The van der Waals surface area contributed by atoms with Crippen LogP contribution in [0.4, 0.5) is 5.69 Å². The van der Waals surface area contributed by atoms with Crippen molar-refractivity contribution in [1.29, 1.82) is 0 Å². The van der Waals surface area contributed by atoms with E-state index in [1.807, 2.05) is 0 Å². The van der Waals surface area contributed by atoms with Crippen LogP contribution in [0.1, 0.15) is 86.8 Å². The van der Waals surface area contributed by atoms with E-state index in [1.165, 1.54) is 18.2 Å². The van der Waals surface area contributed by atoms with Gasteiger partial charge >= 0.3 is 0 Å². The highest BCUT2D eigenvalue weighted by Crippen LogP contribution is 2.53. The number of fused-ring (bicyclic) bond motifs is 2. The summed E-state index contributed by atoms with van der Waals surface area (Å²) in [6.45, 7) is -6.72. The number of carbonyl (C=O) groups excluding carboxylic acids is 2. The Hall–Kier alpha value is -3.19. The number of rotatable bonds is 10. The number of anilines is 1. The first-order valence-electron chi connectivity index (χ1n) is 21.0. The van der Waals surface area contributed by atoms with E-state index in [1.54, 1.807) is 12.2 Å². The Morgan fingerprint density at radius 1 is 1.20 bits per heavy atom. The molecule has 11 nitrogen and oxygen atoms in total. The third-order valence-corrected chi connectivity index (χ3v) is 9.55. The van der Waals surface area contributed by atoms with Crippen LogP contribution < -0.4 is 19.1 Å². The summed E-state index contributed by atoms with van der Waals surface area (Å²) in [5, 5.41) is 1.65. The van der Waals surface area contributed by atoms with Gasteiger partial charge in [0.05, 0.1) is 50.7 Å². The molecule has 0 radical (unpaired) electrons. The van der Waals surface area contributed by atoms with E-state index in [-0.39, 0.29) is 43.1 Å². The van der Waals surface area contributed by atoms with Crippen molar-refractivity contribution in [1.82, 2.24) is 10.2 Å². The smallest absolute Gasteiger partial charge is 0.274 e. The Bertz CT molecular complexity index is 1970. The van der Waals surface area contributed by atoms with E-state index in [4.69, 9.17) is 34.0 Å². The molecule has 2 fully saturated rings. The van der Waals surface area contributed by atoms with Crippen molar-refractivity contribution in [2.75, 3.05) is 57.5 Å². The zero-order valence-corrected chi connectivity index (χ0v) is 25.8. The van der Waals surface area contributed by atoms with Crippen LogP contribution in [-0.2, 0) is 29.7 Å². The average Bonchev–Trinajstić information content (AvgIpc) is 3.37. The first-order valence-corrected chi connectivity index (χ1v) is 15.9. The number of morpholine rings is 1. The number of nitrogens with one attached hydrogen (secondary N) is 1. The number of ether oxygens (including phenoxy) is 4. The number of carbonyl (C=O) groups is 2. The molecule has 12 heteroatoms. The normalized spacial score (nSPS) is 29.7. The molecular weight excluding hydrogens is 598 g/mol. The summed E-state index contributed by atoms with van der Waals surface area (Å²) in [4.78, 5) is 29.6. The van der Waals surface area contributed by atoms with E-state index in [0.29, 0.717) is 37.2 Å². The SMILES string of the molecule is [2H]C([2H])([2H])C(NC(=O)c1ccc(S(=O)(=O)N2C(=O)C3(CC[C@@H](OCCN4CCOCC4)C([2H])([2H])C3([2H])[2H])c3cc(OCC)ccc32)c(OC)c1)(C([2H])([2H])[2H])C([2H])([2H])[2H]. The molecule has 3 aliphatic rings. The highest BCUT2D eigenvalue weighted by molar-refractivity contribution is 7.93. The van der Waals surface area contributed by atoms with Crippen molar-refractivity contribution < 1.29 is 54.8 Å². The quantitative estimate of drug-likeness (QED) is 0.406. The molecule has 246 valence electrons. The fraction of sp³-hybridized carbons (Fsp3) is 0.576. The molecule has 2 amide bonds. The Morgan fingerprint density at radius 3 is 2.69 bits per heavy atom. The molecule has 1 N–H and O–H groups in total. The van der Waals surface area contributed by atoms with Crippen molar-refractivity contribution >= 4 is 27.5 Å². The lowest BCUT2D eigenvalue weighted by atomic mass is 9.69. The molecule has 1 aliphatic carbocycles. The van der Waals surface area contributed by atoms with Crippen molar-refractivity contribution in [3.8, 4) is 11.5 Å². The Morgan fingerprint density at radius 2 is 1.98 bits per heavy atom. The molecule has 2 aromatic carbocycles. The van der Waals surface area contributed by atoms with Crippen molar-refractivity contribution in [3.63, 3.8) is 0 Å². The maximum absolute atomic E-state index is 14.8. The molecule has 5 rings (SSSR count). The number of sulfonamides is 1. The van der Waals surface area contributed by atoms with E-state index in [0.717, 1.165) is 25.3 Å². The average molecular weight is 657 g/mol. The fourth-order valence-electron chi connectivity index (χ4n) is 5.61. The van der Waals surface area contributed by atoms with Gasteiger partial charge in [0, 0.05) is 48.6 Å². The monoisotopic (exact) mass is 656 g/mol. The Labute approximate surface area is 284 Å². The van der Waals surface area contributed by atoms with Crippen LogP contribution in [0, 0.1) is 0 Å². The van der Waals surface area contributed by atoms with Gasteiger partial charge in [0.1, 0.15) is 16.4 Å². The number of benzene rings is 2. The minimum atomic E-state index is -5.14. The molecular formula is C33H45N3O8S. The highest BCUT2D eigenvalue weighted by atomic mass is 32.2. The fourth-order valence-corrected chi connectivity index (χ4v) is 7.24. The second-order valence-corrected chi connectivity index (χ2v) is 12.5. The number of methoxy groups -OCH3 is 1. The van der Waals surface area contributed by atoms with Gasteiger partial charge in [0.2, 0.25) is 0 Å². The van der Waals surface area contributed by atoms with Crippen LogP contribution in [0.3, 0.4) is 0 Å². The summed E-state index contributed by atoms with van der Waals surface area (Å²) >= 11 is 0. The summed E-state index contributed by atoms with van der Waals surface area (Å²) in [7, 11) is -4.14. The molecule has 0 bridgehead atoms. The van der Waals surface area contributed by atoms with E-state index >= 15 is 0 Å². The summed E-state index contributed by atoms with van der Waals surface area (Å²) in [5.41, 5.74) is -7.24. The molecule has 1 saturated heterocycles. The summed E-state index contributed by atoms with van der Waals surface area (Å²) in [5.74, 6) is -3.30. The second kappa shape index (κ2) is 13.3. The topological polar surface area (TPSA) is 124 Å². The van der Waals surface area contributed by atoms with Crippen molar-refractivity contribution in [2.45, 2.75) is 75.0 Å². The standard InChI is InChI=1S/C33H45N3O8S/c1-6-43-25-8-9-27-26(22-25)33(13-11-24(12-14-33)44-20-17-35-15-18-42-19-16-35)31(38)36(27)45(39,40)29-10-7-23(21-28(29)41-5)30(37)34-32(2,3)4/h7-10,21-22,24H,6,11-20H2,1-5H3,(H,34,37)/t24-,33?/i2D3,3D3,4D3,11D2,13D2/m0/s1. The Balaban J connectivity index is 1.55. The molecule has 0 aromatic heterocycles. The molecule has 45 heavy (non-hydrogen) atoms. The zero-order valence-electron chi connectivity index (χ0n) is 38.0. The predicted octanol–water partition coefficient (Wildman–Crippen LogP) is 3.89. The first-order chi connectivity index (χ1) is 26.7. The summed E-state index contributed by atoms with van der Waals surface area (Å²) in [6.07, 6.45) is -7.79. The third-order valence-electron chi connectivity index (χ3n) is 7.81. The van der Waals surface area contributed by atoms with E-state index in [9.17, 15) is 20.7 Å². The second-order valence-electron chi connectivity index (χ2n) is 10.8. The number of amides is 2. The van der Waals surface area contributed by atoms with Gasteiger partial charge < -0.3 is 24.3 Å². The van der Waals surface area contributed by atoms with Crippen LogP contribution in [-0.4, -0.2) is 89.9 Å². The van der Waals surface area contributed by atoms with E-state index < -0.39 is 88.4 Å². The molecule has 2 aliphatic heterocycles. The highest BCUT2D eigenvalue weighted by Gasteiger charge is 2.56. The van der Waals surface area contributed by atoms with Crippen molar-refractivity contribution in [2.24, 2.45) is 0 Å². The Kier molecular flexibility index (Phi) is 5.94. The van der Waals surface area contributed by atoms with Crippen molar-refractivity contribution in [3.05, 3.63) is 47.5 Å². The van der Waals surface area contributed by atoms with Gasteiger partial charge in [-0.1, -0.05) is 0 Å². The van der Waals surface area contributed by atoms with Crippen LogP contribution in [0.2, 0.25) is 0 Å². The lowest BCUT2D eigenvalue weighted by molar-refractivity contribution is -0.124. The van der Waals surface area contributed by atoms with Crippen LogP contribution in [0.15, 0.2) is 41.3 Å². The maximum atomic E-state index is 14.8. The van der Waals surface area contributed by atoms with E-state index in [2.05, 4.69) is 4.90 Å². The van der Waals surface area contributed by atoms with Gasteiger partial charge in [-0.15, -0.1) is 0 Å². The minimum absolute atomic E-state index is 0.0597. The van der Waals surface area contributed by atoms with Gasteiger partial charge in [0.15, 0.2) is 0 Å². The molecule has 1 spiro atoms. The van der Waals surface area contributed by atoms with Crippen LogP contribution >= 0.6 is 0 Å². The summed E-state index contributed by atoms with van der Waals surface area (Å²) in [6, 6.07) is 6.29. The number of hydrogen-bond donors (Lipinski definition) is 1. The predicted molar refractivity (Wildman–Crippen MR) is 170 cm³/mol. The molecule has 2 heterocycles.